The molecular formula is C42H40FN9O8. The van der Waals surface area contributed by atoms with Crippen LogP contribution in [0.15, 0.2) is 115 Å². The maximum Gasteiger partial charge on any atom is 0.338 e. The van der Waals surface area contributed by atoms with Gasteiger partial charge in [-0.15, -0.1) is 9.78 Å². The zero-order valence-corrected chi connectivity index (χ0v) is 32.9. The normalized spacial score (nSPS) is 11.9. The molecule has 1 amide bonds. The van der Waals surface area contributed by atoms with E-state index in [1.54, 1.807) is 81.4 Å². The molecule has 308 valence electrons. The van der Waals surface area contributed by atoms with E-state index in [0.717, 1.165) is 0 Å². The second-order valence-electron chi connectivity index (χ2n) is 13.7. The van der Waals surface area contributed by atoms with E-state index < -0.39 is 41.9 Å². The van der Waals surface area contributed by atoms with Crippen molar-refractivity contribution >= 4 is 29.4 Å². The van der Waals surface area contributed by atoms with Gasteiger partial charge in [-0.3, -0.25) is 14.6 Å². The topological polar surface area (TPSA) is 217 Å². The number of amides is 1. The van der Waals surface area contributed by atoms with Gasteiger partial charge >= 0.3 is 17.9 Å². The van der Waals surface area contributed by atoms with Crippen molar-refractivity contribution < 1.29 is 42.5 Å². The van der Waals surface area contributed by atoms with Crippen LogP contribution in [0.2, 0.25) is 0 Å². The first kappa shape index (κ1) is 41.9. The molecule has 0 radical (unpaired) electrons. The number of methoxy groups -OCH3 is 1. The Labute approximate surface area is 343 Å². The molecule has 17 nitrogen and oxygen atoms in total. The summed E-state index contributed by atoms with van der Waals surface area (Å²) in [5.74, 6) is -2.49. The van der Waals surface area contributed by atoms with E-state index in [9.17, 15) is 14.4 Å². The van der Waals surface area contributed by atoms with Crippen molar-refractivity contribution in [2.24, 2.45) is 16.1 Å². The Morgan fingerprint density at radius 1 is 0.850 bits per heavy atom. The van der Waals surface area contributed by atoms with Crippen molar-refractivity contribution in [2.45, 2.75) is 26.8 Å². The number of halogens is 1. The van der Waals surface area contributed by atoms with Crippen molar-refractivity contribution in [2.75, 3.05) is 32.4 Å². The Kier molecular flexibility index (Phi) is 13.3. The number of hydrogen-bond acceptors (Lipinski definition) is 14. The van der Waals surface area contributed by atoms with Crippen LogP contribution in [0.3, 0.4) is 0 Å². The summed E-state index contributed by atoms with van der Waals surface area (Å²) < 4.78 is 45.7. The smallest absolute Gasteiger partial charge is 0.338 e. The number of esters is 2. The van der Waals surface area contributed by atoms with Crippen LogP contribution in [-0.4, -0.2) is 80.5 Å². The Balaban J connectivity index is 1.34. The van der Waals surface area contributed by atoms with Gasteiger partial charge in [-0.1, -0.05) is 18.2 Å². The Morgan fingerprint density at radius 2 is 1.57 bits per heavy atom. The van der Waals surface area contributed by atoms with Gasteiger partial charge in [-0.25, -0.2) is 19.2 Å². The van der Waals surface area contributed by atoms with Gasteiger partial charge in [-0.05, 0) is 81.4 Å². The van der Waals surface area contributed by atoms with E-state index in [1.807, 2.05) is 0 Å². The summed E-state index contributed by atoms with van der Waals surface area (Å²) in [7, 11) is 1.40. The number of carbonyl (C=O) groups is 3. The molecule has 0 fully saturated rings. The van der Waals surface area contributed by atoms with E-state index >= 15 is 4.39 Å². The van der Waals surface area contributed by atoms with E-state index in [1.165, 1.54) is 60.8 Å². The molecule has 0 bridgehead atoms. The van der Waals surface area contributed by atoms with E-state index in [4.69, 9.17) is 29.4 Å². The third kappa shape index (κ3) is 10.6. The number of nitrogens with one attached hydrogen (secondary N) is 1. The molecule has 60 heavy (non-hydrogen) atoms. The van der Waals surface area contributed by atoms with Gasteiger partial charge in [0.05, 0.1) is 18.1 Å². The molecule has 3 N–H and O–H groups in total. The largest absolute Gasteiger partial charge is 0.497 e. The Hall–Kier alpha value is -7.76. The van der Waals surface area contributed by atoms with Crippen LogP contribution in [0.25, 0.3) is 5.95 Å². The van der Waals surface area contributed by atoms with Crippen LogP contribution in [-0.2, 0) is 14.3 Å². The van der Waals surface area contributed by atoms with Gasteiger partial charge in [0.2, 0.25) is 6.79 Å². The monoisotopic (exact) mass is 817 g/mol. The van der Waals surface area contributed by atoms with Crippen LogP contribution >= 0.6 is 0 Å². The lowest BCUT2D eigenvalue weighted by Crippen LogP contribution is -2.25. The molecule has 3 heterocycles. The van der Waals surface area contributed by atoms with Gasteiger partial charge in [0, 0.05) is 53.2 Å². The first-order chi connectivity index (χ1) is 28.9. The number of carbonyl (C=O) groups excluding carboxylic acids is 3. The Bertz CT molecular complexity index is 2450. The molecule has 0 unspecified atom stereocenters. The van der Waals surface area contributed by atoms with E-state index in [-0.39, 0.29) is 53.9 Å². The van der Waals surface area contributed by atoms with E-state index in [2.05, 4.69) is 35.3 Å². The van der Waals surface area contributed by atoms with E-state index in [0.29, 0.717) is 22.4 Å². The summed E-state index contributed by atoms with van der Waals surface area (Å²) in [6, 6.07) is 21.0. The van der Waals surface area contributed by atoms with Crippen LogP contribution in [0, 0.1) is 11.2 Å². The average Bonchev–Trinajstić information content (AvgIpc) is 3.69. The molecule has 6 rings (SSSR count). The van der Waals surface area contributed by atoms with Crippen LogP contribution in [0.4, 0.5) is 10.1 Å². The summed E-state index contributed by atoms with van der Waals surface area (Å²) in [5, 5.41) is 7.88. The predicted octanol–water partition coefficient (Wildman–Crippen LogP) is 5.51. The number of nitrogens with two attached hydrogens (primary N) is 1. The number of ether oxygens (including phenoxy) is 5. The summed E-state index contributed by atoms with van der Waals surface area (Å²) in [6.45, 7) is 4.13. The molecule has 6 aromatic rings. The highest BCUT2D eigenvalue weighted by Crippen LogP contribution is 2.36. The molecule has 0 saturated carbocycles. The number of rotatable bonds is 16. The number of aromatic nitrogens is 6. The number of benzene rings is 3. The predicted molar refractivity (Wildman–Crippen MR) is 214 cm³/mol. The minimum absolute atomic E-state index is 0.0173. The third-order valence-electron chi connectivity index (χ3n) is 8.40. The highest BCUT2D eigenvalue weighted by molar-refractivity contribution is 6.08. The minimum atomic E-state index is -1.20. The molecule has 0 spiro atoms. The standard InChI is InChI=1S/C42H40FN9O8/c1-42(2,3)39(55)59-25-60-41-50-36(51-52(41)40-46-17-8-18-47-40)34(48-29-13-11-26(12-14-29)35(44)49-37(53)27-9-6-5-7-10-27)31-23-30(56-4)24-32(33(31)43)57-21-22-58-38(54)28-15-19-45-20-16-28/h5-20,23-24,34,48H,21-22,25H2,1-4H3,(H2,44,49,53)/t34-/m1/s1. The lowest BCUT2D eigenvalue weighted by Gasteiger charge is -2.21. The SMILES string of the molecule is COc1cc(OCCOC(=O)c2ccncc2)c(F)c([C@@H](Nc2ccc(/C(N)=N/C(=O)c3ccccc3)cc2)c2nc(OCOC(=O)C(C)(C)C)n(-c3ncccn3)n2)c1. The molecule has 3 aromatic carbocycles. The van der Waals surface area contributed by atoms with Crippen molar-refractivity contribution in [3.63, 3.8) is 0 Å². The molecule has 18 heteroatoms. The number of anilines is 1. The van der Waals surface area contributed by atoms with Gasteiger partial charge < -0.3 is 34.7 Å². The van der Waals surface area contributed by atoms with Crippen LogP contribution in [0.5, 0.6) is 17.5 Å². The van der Waals surface area contributed by atoms with Crippen molar-refractivity contribution in [3.05, 3.63) is 144 Å². The fourth-order valence-electron chi connectivity index (χ4n) is 5.30. The first-order valence-electron chi connectivity index (χ1n) is 18.3. The van der Waals surface area contributed by atoms with Crippen molar-refractivity contribution in [1.29, 1.82) is 0 Å². The lowest BCUT2D eigenvalue weighted by atomic mass is 9.98. The van der Waals surface area contributed by atoms with Crippen LogP contribution in [0.1, 0.15) is 64.5 Å². The zero-order valence-electron chi connectivity index (χ0n) is 32.9. The second-order valence-corrected chi connectivity index (χ2v) is 13.7. The number of pyridine rings is 1. The molecule has 0 aliphatic rings. The minimum Gasteiger partial charge on any atom is -0.497 e. The van der Waals surface area contributed by atoms with Gasteiger partial charge in [0.15, 0.2) is 17.4 Å². The number of nitrogens with zero attached hydrogens (tertiary/aromatic N) is 7. The molecule has 1 atom stereocenters. The summed E-state index contributed by atoms with van der Waals surface area (Å²) >= 11 is 0. The maximum absolute atomic E-state index is 16.8. The third-order valence-corrected chi connectivity index (χ3v) is 8.40. The highest BCUT2D eigenvalue weighted by atomic mass is 19.1. The second kappa shape index (κ2) is 19.1. The number of amidine groups is 1. The molecule has 0 saturated heterocycles. The molecule has 0 aliphatic carbocycles. The summed E-state index contributed by atoms with van der Waals surface area (Å²) in [6.07, 6.45) is 5.87. The van der Waals surface area contributed by atoms with Crippen LogP contribution < -0.4 is 25.3 Å². The lowest BCUT2D eigenvalue weighted by molar-refractivity contribution is -0.160. The number of hydrogen-bond donors (Lipinski definition) is 2. The zero-order chi connectivity index (χ0) is 42.6. The summed E-state index contributed by atoms with van der Waals surface area (Å²) in [5.41, 5.74) is 6.91. The first-order valence-corrected chi connectivity index (χ1v) is 18.3. The van der Waals surface area contributed by atoms with Gasteiger partial charge in [0.1, 0.15) is 30.8 Å². The highest BCUT2D eigenvalue weighted by Gasteiger charge is 2.30. The fraction of sp³-hybridized carbons (Fsp3) is 0.214. The Morgan fingerprint density at radius 3 is 2.25 bits per heavy atom. The average molecular weight is 818 g/mol. The van der Waals surface area contributed by atoms with Crippen molar-refractivity contribution in [1.82, 2.24) is 29.7 Å². The quantitative estimate of drug-likeness (QED) is 0.0405. The molecule has 3 aromatic heterocycles. The summed E-state index contributed by atoms with van der Waals surface area (Å²) in [4.78, 5) is 58.7. The molecular weight excluding hydrogens is 778 g/mol. The maximum atomic E-state index is 16.8. The number of aliphatic imine (C=N–C) groups is 1. The fourth-order valence-corrected chi connectivity index (χ4v) is 5.30. The molecule has 0 aliphatic heterocycles. The van der Waals surface area contributed by atoms with Crippen molar-refractivity contribution in [3.8, 4) is 23.5 Å². The van der Waals surface area contributed by atoms with Gasteiger partial charge in [-0.2, -0.15) is 9.98 Å². The van der Waals surface area contributed by atoms with Gasteiger partial charge in [0.25, 0.3) is 11.9 Å².